The number of halogens is 3. The summed E-state index contributed by atoms with van der Waals surface area (Å²) in [4.78, 5) is 20.7. The van der Waals surface area contributed by atoms with Gasteiger partial charge < -0.3 is 5.11 Å². The lowest BCUT2D eigenvalue weighted by atomic mass is 9.91. The molecule has 30 heavy (non-hydrogen) atoms. The minimum atomic E-state index is -5.14. The molecule has 0 aliphatic heterocycles. The number of carbonyl (C=O) groups excluding carboxylic acids is 1. The van der Waals surface area contributed by atoms with Crippen molar-refractivity contribution in [2.75, 3.05) is 0 Å². The second kappa shape index (κ2) is 8.26. The number of hydrogen-bond donors (Lipinski definition) is 1. The van der Waals surface area contributed by atoms with Crippen LogP contribution in [-0.4, -0.2) is 27.0 Å². The summed E-state index contributed by atoms with van der Waals surface area (Å²) in [6.45, 7) is 3.41. The molecule has 0 amide bonds. The predicted molar refractivity (Wildman–Crippen MR) is 107 cm³/mol. The standard InChI is InChI=1S/C20H16F3N3O2S2/c1-11-3-5-13(6-4-11)15-10-29-17(26-15)14(8-24)16(27)7-19(28,20(21,22)23)18-25-12(2)9-30-18/h3-6,9-10,14,28H,7H2,1-2H3/t14-,19+/m1/s1. The molecule has 3 rings (SSSR count). The Bertz CT molecular complexity index is 1100. The first-order valence-corrected chi connectivity index (χ1v) is 10.5. The molecule has 0 saturated heterocycles. The first-order valence-electron chi connectivity index (χ1n) is 8.71. The molecule has 0 fully saturated rings. The Balaban J connectivity index is 1.89. The van der Waals surface area contributed by atoms with Gasteiger partial charge in [-0.25, -0.2) is 9.97 Å². The van der Waals surface area contributed by atoms with Crippen molar-refractivity contribution in [2.24, 2.45) is 0 Å². The van der Waals surface area contributed by atoms with Crippen molar-refractivity contribution in [3.63, 3.8) is 0 Å². The molecule has 0 saturated carbocycles. The van der Waals surface area contributed by atoms with Gasteiger partial charge in [0.1, 0.15) is 10.0 Å². The number of thiazole rings is 2. The maximum atomic E-state index is 13.7. The third-order valence-corrected chi connectivity index (χ3v) is 6.46. The second-order valence-corrected chi connectivity index (χ2v) is 8.54. The number of aliphatic hydroxyl groups is 1. The Morgan fingerprint density at radius 3 is 2.37 bits per heavy atom. The zero-order valence-corrected chi connectivity index (χ0v) is 17.5. The molecular formula is C20H16F3N3O2S2. The third-order valence-electron chi connectivity index (χ3n) is 4.44. The molecule has 3 aromatic rings. The lowest BCUT2D eigenvalue weighted by molar-refractivity contribution is -0.267. The molecule has 1 aromatic carbocycles. The Hall–Kier alpha value is -2.61. The van der Waals surface area contributed by atoms with Gasteiger partial charge in [-0.15, -0.1) is 22.7 Å². The van der Waals surface area contributed by atoms with E-state index >= 15 is 0 Å². The fourth-order valence-corrected chi connectivity index (χ4v) is 4.54. The topological polar surface area (TPSA) is 86.9 Å². The van der Waals surface area contributed by atoms with Crippen LogP contribution in [0.5, 0.6) is 0 Å². The van der Waals surface area contributed by atoms with E-state index in [0.29, 0.717) is 22.7 Å². The number of alkyl halides is 3. The van der Waals surface area contributed by atoms with Crippen molar-refractivity contribution in [3.05, 3.63) is 56.3 Å². The monoisotopic (exact) mass is 451 g/mol. The first kappa shape index (κ1) is 22.1. The number of hydrogen-bond acceptors (Lipinski definition) is 7. The van der Waals surface area contributed by atoms with E-state index in [9.17, 15) is 28.3 Å². The van der Waals surface area contributed by atoms with Crippen LogP contribution < -0.4 is 0 Å². The van der Waals surface area contributed by atoms with Crippen LogP contribution >= 0.6 is 22.7 Å². The molecule has 2 heterocycles. The maximum absolute atomic E-state index is 13.7. The zero-order chi connectivity index (χ0) is 22.1. The van der Waals surface area contributed by atoms with E-state index in [2.05, 4.69) is 9.97 Å². The molecule has 0 bridgehead atoms. The lowest BCUT2D eigenvalue weighted by Crippen LogP contribution is -2.44. The number of nitrogens with zero attached hydrogens (tertiary/aromatic N) is 3. The molecule has 2 aromatic heterocycles. The van der Waals surface area contributed by atoms with Gasteiger partial charge in [-0.1, -0.05) is 29.8 Å². The fraction of sp³-hybridized carbons (Fsp3) is 0.300. The summed E-state index contributed by atoms with van der Waals surface area (Å²) in [7, 11) is 0. The van der Waals surface area contributed by atoms with Crippen molar-refractivity contribution in [3.8, 4) is 17.3 Å². The molecule has 1 N–H and O–H groups in total. The molecule has 10 heteroatoms. The van der Waals surface area contributed by atoms with Crippen LogP contribution in [0.2, 0.25) is 0 Å². The van der Waals surface area contributed by atoms with Crippen LogP contribution in [0.1, 0.15) is 33.6 Å². The van der Waals surface area contributed by atoms with Gasteiger partial charge in [0.2, 0.25) is 5.60 Å². The number of benzene rings is 1. The molecule has 5 nitrogen and oxygen atoms in total. The molecule has 0 aliphatic rings. The molecule has 0 unspecified atom stereocenters. The number of aromatic nitrogens is 2. The highest BCUT2D eigenvalue weighted by Crippen LogP contribution is 2.44. The normalized spacial score (nSPS) is 14.7. The SMILES string of the molecule is Cc1ccc(-c2csc([C@H](C#N)C(=O)C[C@](O)(c3nc(C)cs3)C(F)(F)F)n2)cc1. The Morgan fingerprint density at radius 2 is 1.83 bits per heavy atom. The summed E-state index contributed by atoms with van der Waals surface area (Å²) >= 11 is 1.63. The van der Waals surface area contributed by atoms with Gasteiger partial charge >= 0.3 is 6.18 Å². The average molecular weight is 451 g/mol. The molecule has 2 atom stereocenters. The van der Waals surface area contributed by atoms with E-state index in [1.165, 1.54) is 12.3 Å². The largest absolute Gasteiger partial charge is 0.424 e. The van der Waals surface area contributed by atoms with Gasteiger partial charge in [0.15, 0.2) is 11.7 Å². The number of carbonyl (C=O) groups is 1. The second-order valence-electron chi connectivity index (χ2n) is 6.79. The average Bonchev–Trinajstić information content (AvgIpc) is 3.32. The number of aryl methyl sites for hydroxylation is 2. The van der Waals surface area contributed by atoms with Gasteiger partial charge in [-0.2, -0.15) is 18.4 Å². The van der Waals surface area contributed by atoms with E-state index in [0.717, 1.165) is 22.5 Å². The summed E-state index contributed by atoms with van der Waals surface area (Å²) < 4.78 is 41.0. The van der Waals surface area contributed by atoms with Crippen LogP contribution in [0.3, 0.4) is 0 Å². The van der Waals surface area contributed by atoms with Gasteiger partial charge in [-0.3, -0.25) is 4.79 Å². The van der Waals surface area contributed by atoms with Crippen LogP contribution in [0.15, 0.2) is 35.0 Å². The Kier molecular flexibility index (Phi) is 6.08. The summed E-state index contributed by atoms with van der Waals surface area (Å²) in [5, 5.41) is 22.3. The quantitative estimate of drug-likeness (QED) is 0.576. The van der Waals surface area contributed by atoms with Crippen molar-refractivity contribution in [1.82, 2.24) is 9.97 Å². The summed E-state index contributed by atoms with van der Waals surface area (Å²) in [6.07, 6.45) is -6.45. The van der Waals surface area contributed by atoms with Crippen LogP contribution in [0.25, 0.3) is 11.3 Å². The Labute approximate surface area is 178 Å². The maximum Gasteiger partial charge on any atom is 0.424 e. The minimum Gasteiger partial charge on any atom is -0.374 e. The molecule has 0 radical (unpaired) electrons. The van der Waals surface area contributed by atoms with Crippen molar-refractivity contribution < 1.29 is 23.1 Å². The zero-order valence-electron chi connectivity index (χ0n) is 15.9. The van der Waals surface area contributed by atoms with E-state index in [-0.39, 0.29) is 5.01 Å². The van der Waals surface area contributed by atoms with Crippen molar-refractivity contribution in [2.45, 2.75) is 38.0 Å². The highest BCUT2D eigenvalue weighted by atomic mass is 32.1. The van der Waals surface area contributed by atoms with E-state index in [1.807, 2.05) is 31.2 Å². The summed E-state index contributed by atoms with van der Waals surface area (Å²) in [5.74, 6) is -2.60. The third kappa shape index (κ3) is 4.28. The number of Topliss-reactive ketones (excluding diaryl/α,β-unsaturated/α-hetero) is 1. The molecular weight excluding hydrogens is 435 g/mol. The van der Waals surface area contributed by atoms with Gasteiger partial charge in [-0.05, 0) is 13.8 Å². The minimum absolute atomic E-state index is 0.0814. The summed E-state index contributed by atoms with van der Waals surface area (Å²) in [5.41, 5.74) is -0.843. The number of ketones is 1. The van der Waals surface area contributed by atoms with E-state index in [4.69, 9.17) is 0 Å². The summed E-state index contributed by atoms with van der Waals surface area (Å²) in [6, 6.07) is 9.13. The van der Waals surface area contributed by atoms with Crippen LogP contribution in [-0.2, 0) is 10.4 Å². The van der Waals surface area contributed by atoms with Crippen LogP contribution in [0.4, 0.5) is 13.2 Å². The predicted octanol–water partition coefficient (Wildman–Crippen LogP) is 4.90. The number of rotatable bonds is 6. The van der Waals surface area contributed by atoms with Gasteiger partial charge in [0, 0.05) is 22.0 Å². The first-order chi connectivity index (χ1) is 14.0. The van der Waals surface area contributed by atoms with E-state index < -0.39 is 34.9 Å². The van der Waals surface area contributed by atoms with Crippen molar-refractivity contribution in [1.29, 1.82) is 5.26 Å². The Morgan fingerprint density at radius 1 is 1.17 bits per heavy atom. The molecule has 156 valence electrons. The fourth-order valence-electron chi connectivity index (χ4n) is 2.74. The van der Waals surface area contributed by atoms with Gasteiger partial charge in [0.25, 0.3) is 0 Å². The molecule has 0 aliphatic carbocycles. The lowest BCUT2D eigenvalue weighted by Gasteiger charge is -2.28. The smallest absolute Gasteiger partial charge is 0.374 e. The highest BCUT2D eigenvalue weighted by molar-refractivity contribution is 7.10. The van der Waals surface area contributed by atoms with Gasteiger partial charge in [0.05, 0.1) is 18.2 Å². The number of nitriles is 1. The highest BCUT2D eigenvalue weighted by Gasteiger charge is 2.58. The van der Waals surface area contributed by atoms with Crippen LogP contribution in [0, 0.1) is 25.2 Å². The molecule has 0 spiro atoms. The van der Waals surface area contributed by atoms with E-state index in [1.54, 1.807) is 11.4 Å². The van der Waals surface area contributed by atoms with Crippen molar-refractivity contribution >= 4 is 28.5 Å².